The van der Waals surface area contributed by atoms with E-state index in [1.807, 2.05) is 42.5 Å². The van der Waals surface area contributed by atoms with Gasteiger partial charge in [-0.3, -0.25) is 10.3 Å². The van der Waals surface area contributed by atoms with Crippen molar-refractivity contribution >= 4 is 5.69 Å². The highest BCUT2D eigenvalue weighted by atomic mass is 16.6. The molecule has 0 fully saturated rings. The normalized spacial score (nSPS) is 9.59. The Labute approximate surface area is 100 Å². The third kappa shape index (κ3) is 3.33. The van der Waals surface area contributed by atoms with E-state index in [1.54, 1.807) is 12.1 Å². The number of hydrogen-bond donors (Lipinski definition) is 1. The molecular weight excluding hydrogens is 212 g/mol. The standard InChI is InChI=1S/C14H12N2O/c15-10-12-6-8-14(9-7-12)16-17-11-13-4-2-1-3-5-13/h1-9,16H,11H2. The summed E-state index contributed by atoms with van der Waals surface area (Å²) in [5, 5.41) is 8.65. The van der Waals surface area contributed by atoms with Gasteiger partial charge in [0.25, 0.3) is 0 Å². The highest BCUT2D eigenvalue weighted by molar-refractivity contribution is 5.45. The zero-order valence-corrected chi connectivity index (χ0v) is 9.26. The number of benzene rings is 2. The quantitative estimate of drug-likeness (QED) is 0.811. The van der Waals surface area contributed by atoms with Crippen LogP contribution in [0.15, 0.2) is 54.6 Å². The van der Waals surface area contributed by atoms with E-state index in [-0.39, 0.29) is 0 Å². The van der Waals surface area contributed by atoms with Crippen LogP contribution < -0.4 is 5.48 Å². The maximum absolute atomic E-state index is 8.65. The average Bonchev–Trinajstić information content (AvgIpc) is 2.41. The van der Waals surface area contributed by atoms with Crippen LogP contribution in [0.2, 0.25) is 0 Å². The predicted molar refractivity (Wildman–Crippen MR) is 66.0 cm³/mol. The average molecular weight is 224 g/mol. The molecule has 0 atom stereocenters. The van der Waals surface area contributed by atoms with E-state index in [4.69, 9.17) is 10.1 Å². The zero-order chi connectivity index (χ0) is 11.9. The Balaban J connectivity index is 1.84. The molecule has 3 nitrogen and oxygen atoms in total. The molecule has 2 aromatic rings. The topological polar surface area (TPSA) is 45.0 Å². The zero-order valence-electron chi connectivity index (χ0n) is 9.26. The Morgan fingerprint density at radius 2 is 1.71 bits per heavy atom. The van der Waals surface area contributed by atoms with Crippen molar-refractivity contribution in [1.29, 1.82) is 5.26 Å². The van der Waals surface area contributed by atoms with Crippen LogP contribution in [-0.2, 0) is 11.4 Å². The van der Waals surface area contributed by atoms with Crippen molar-refractivity contribution in [2.75, 3.05) is 5.48 Å². The third-order valence-corrected chi connectivity index (χ3v) is 2.29. The minimum atomic E-state index is 0.501. The second-order valence-corrected chi connectivity index (χ2v) is 3.57. The summed E-state index contributed by atoms with van der Waals surface area (Å²) in [7, 11) is 0. The minimum Gasteiger partial charge on any atom is -0.271 e. The van der Waals surface area contributed by atoms with Crippen LogP contribution in [0.5, 0.6) is 0 Å². The second kappa shape index (κ2) is 5.69. The van der Waals surface area contributed by atoms with E-state index >= 15 is 0 Å². The first-order chi connectivity index (χ1) is 8.38. The van der Waals surface area contributed by atoms with Gasteiger partial charge in [-0.05, 0) is 29.8 Å². The van der Waals surface area contributed by atoms with Gasteiger partial charge in [-0.25, -0.2) is 0 Å². The van der Waals surface area contributed by atoms with Crippen LogP contribution in [-0.4, -0.2) is 0 Å². The Hall–Kier alpha value is -2.31. The third-order valence-electron chi connectivity index (χ3n) is 2.29. The van der Waals surface area contributed by atoms with E-state index in [2.05, 4.69) is 11.5 Å². The summed E-state index contributed by atoms with van der Waals surface area (Å²) in [6.07, 6.45) is 0. The summed E-state index contributed by atoms with van der Waals surface area (Å²) in [6.45, 7) is 0.501. The molecule has 2 rings (SSSR count). The fourth-order valence-corrected chi connectivity index (χ4v) is 1.39. The van der Waals surface area contributed by atoms with E-state index < -0.39 is 0 Å². The predicted octanol–water partition coefficient (Wildman–Crippen LogP) is 3.10. The van der Waals surface area contributed by atoms with Crippen LogP contribution in [0.1, 0.15) is 11.1 Å². The van der Waals surface area contributed by atoms with Crippen molar-refractivity contribution in [3.05, 3.63) is 65.7 Å². The smallest absolute Gasteiger partial charge is 0.0996 e. The Kier molecular flexibility index (Phi) is 3.74. The van der Waals surface area contributed by atoms with Gasteiger partial charge in [-0.15, -0.1) is 0 Å². The molecule has 84 valence electrons. The van der Waals surface area contributed by atoms with Crippen molar-refractivity contribution in [3.8, 4) is 6.07 Å². The van der Waals surface area contributed by atoms with Crippen molar-refractivity contribution in [1.82, 2.24) is 0 Å². The maximum Gasteiger partial charge on any atom is 0.0996 e. The Morgan fingerprint density at radius 3 is 2.35 bits per heavy atom. The minimum absolute atomic E-state index is 0.501. The van der Waals surface area contributed by atoms with Gasteiger partial charge in [-0.2, -0.15) is 5.26 Å². The molecule has 0 aliphatic heterocycles. The molecule has 0 spiro atoms. The van der Waals surface area contributed by atoms with E-state index in [1.165, 1.54) is 0 Å². The molecule has 0 aliphatic carbocycles. The molecule has 0 aromatic heterocycles. The first kappa shape index (κ1) is 11.2. The highest BCUT2D eigenvalue weighted by Gasteiger charge is 1.94. The molecule has 1 N–H and O–H groups in total. The first-order valence-electron chi connectivity index (χ1n) is 5.30. The molecule has 0 saturated carbocycles. The van der Waals surface area contributed by atoms with Crippen molar-refractivity contribution in [3.63, 3.8) is 0 Å². The van der Waals surface area contributed by atoms with Crippen molar-refractivity contribution in [2.24, 2.45) is 0 Å². The summed E-state index contributed by atoms with van der Waals surface area (Å²) in [6, 6.07) is 19.1. The van der Waals surface area contributed by atoms with Gasteiger partial charge in [0.05, 0.1) is 23.9 Å². The van der Waals surface area contributed by atoms with Crippen molar-refractivity contribution < 1.29 is 4.84 Å². The number of nitriles is 1. The van der Waals surface area contributed by atoms with Gasteiger partial charge >= 0.3 is 0 Å². The lowest BCUT2D eigenvalue weighted by atomic mass is 10.2. The largest absolute Gasteiger partial charge is 0.271 e. The van der Waals surface area contributed by atoms with Gasteiger partial charge < -0.3 is 0 Å². The molecule has 0 aliphatic rings. The first-order valence-corrected chi connectivity index (χ1v) is 5.30. The lowest BCUT2D eigenvalue weighted by Gasteiger charge is -2.06. The van der Waals surface area contributed by atoms with Crippen LogP contribution in [0.4, 0.5) is 5.69 Å². The molecule has 0 amide bonds. The fourth-order valence-electron chi connectivity index (χ4n) is 1.39. The lowest BCUT2D eigenvalue weighted by Crippen LogP contribution is -2.01. The van der Waals surface area contributed by atoms with Gasteiger partial charge in [-0.1, -0.05) is 30.3 Å². The second-order valence-electron chi connectivity index (χ2n) is 3.57. The summed E-state index contributed by atoms with van der Waals surface area (Å²) in [4.78, 5) is 5.35. The van der Waals surface area contributed by atoms with Crippen LogP contribution in [0.25, 0.3) is 0 Å². The van der Waals surface area contributed by atoms with Gasteiger partial charge in [0.2, 0.25) is 0 Å². The summed E-state index contributed by atoms with van der Waals surface area (Å²) < 4.78 is 0. The van der Waals surface area contributed by atoms with E-state index in [0.717, 1.165) is 11.3 Å². The van der Waals surface area contributed by atoms with Crippen LogP contribution in [0.3, 0.4) is 0 Å². The molecule has 0 bridgehead atoms. The molecule has 2 aromatic carbocycles. The number of nitrogens with zero attached hydrogens (tertiary/aromatic N) is 1. The fraction of sp³-hybridized carbons (Fsp3) is 0.0714. The van der Waals surface area contributed by atoms with Crippen LogP contribution in [0, 0.1) is 11.3 Å². The molecule has 3 heteroatoms. The highest BCUT2D eigenvalue weighted by Crippen LogP contribution is 2.09. The van der Waals surface area contributed by atoms with Crippen molar-refractivity contribution in [2.45, 2.75) is 6.61 Å². The Morgan fingerprint density at radius 1 is 1.00 bits per heavy atom. The summed E-state index contributed by atoms with van der Waals surface area (Å²) in [5.41, 5.74) is 5.41. The molecular formula is C14H12N2O. The number of nitrogens with one attached hydrogen (secondary N) is 1. The number of anilines is 1. The lowest BCUT2D eigenvalue weighted by molar-refractivity contribution is 0.180. The molecule has 0 saturated heterocycles. The molecule has 0 radical (unpaired) electrons. The molecule has 0 unspecified atom stereocenters. The summed E-state index contributed by atoms with van der Waals surface area (Å²) in [5.74, 6) is 0. The number of hydrogen-bond acceptors (Lipinski definition) is 3. The van der Waals surface area contributed by atoms with Crippen LogP contribution >= 0.6 is 0 Å². The SMILES string of the molecule is N#Cc1ccc(NOCc2ccccc2)cc1. The van der Waals surface area contributed by atoms with E-state index in [9.17, 15) is 0 Å². The van der Waals surface area contributed by atoms with E-state index in [0.29, 0.717) is 12.2 Å². The van der Waals surface area contributed by atoms with Gasteiger partial charge in [0.1, 0.15) is 0 Å². The number of rotatable bonds is 4. The molecule has 0 heterocycles. The summed E-state index contributed by atoms with van der Waals surface area (Å²) >= 11 is 0. The maximum atomic E-state index is 8.65. The Bertz CT molecular complexity index is 500. The van der Waals surface area contributed by atoms with Gasteiger partial charge in [0.15, 0.2) is 0 Å². The van der Waals surface area contributed by atoms with Gasteiger partial charge in [0, 0.05) is 0 Å². The molecule has 17 heavy (non-hydrogen) atoms. The monoisotopic (exact) mass is 224 g/mol.